The maximum absolute atomic E-state index is 13.0. The summed E-state index contributed by atoms with van der Waals surface area (Å²) in [5.74, 6) is -1.13. The van der Waals surface area contributed by atoms with Crippen LogP contribution in [0.25, 0.3) is 11.1 Å². The first-order chi connectivity index (χ1) is 15.7. The van der Waals surface area contributed by atoms with Gasteiger partial charge in [-0.15, -0.1) is 0 Å². The molecule has 180 valence electrons. The fraction of sp³-hybridized carbons (Fsp3) is 0.600. The number of amides is 1. The Kier molecular flexibility index (Phi) is 6.54. The Bertz CT molecular complexity index is 1210. The summed E-state index contributed by atoms with van der Waals surface area (Å²) in [5, 5.41) is 10.9. The molecule has 2 heterocycles. The van der Waals surface area contributed by atoms with Gasteiger partial charge in [-0.2, -0.15) is 17.0 Å². The second-order valence-corrected chi connectivity index (χ2v) is 10.4. The Morgan fingerprint density at radius 3 is 2.48 bits per heavy atom. The van der Waals surface area contributed by atoms with Crippen LogP contribution in [0.2, 0.25) is 0 Å². The molecule has 4 rings (SSSR count). The monoisotopic (exact) mass is 481 g/mol. The van der Waals surface area contributed by atoms with Crippen LogP contribution >= 0.6 is 0 Å². The van der Waals surface area contributed by atoms with Gasteiger partial charge in [0, 0.05) is 45.3 Å². The highest BCUT2D eigenvalue weighted by atomic mass is 32.2. The van der Waals surface area contributed by atoms with Gasteiger partial charge in [0.15, 0.2) is 5.58 Å². The highest BCUT2D eigenvalue weighted by Crippen LogP contribution is 2.25. The molecule has 12 nitrogen and oxygen atoms in total. The third kappa shape index (κ3) is 4.66. The van der Waals surface area contributed by atoms with Crippen molar-refractivity contribution in [2.24, 2.45) is 0 Å². The molecular formula is C20H27N5O7S. The van der Waals surface area contributed by atoms with Crippen LogP contribution in [0.3, 0.4) is 0 Å². The standard InChI is InChI=1S/C20H27N5O7S/c1-21(15-5-3-2-4-6-15)33(30,31)23-11-9-22(10-12-23)19(26)14-24-17-8-7-16(25(28)29)13-18(17)32-20(24)27/h7-8,13,15H,2-6,9-12,14H2,1H3. The molecule has 2 aliphatic rings. The smallest absolute Gasteiger partial charge is 0.407 e. The zero-order chi connectivity index (χ0) is 23.8. The molecule has 0 radical (unpaired) electrons. The number of non-ortho nitro benzene ring substituents is 1. The van der Waals surface area contributed by atoms with Crippen molar-refractivity contribution in [3.63, 3.8) is 0 Å². The van der Waals surface area contributed by atoms with E-state index in [-0.39, 0.29) is 61.5 Å². The van der Waals surface area contributed by atoms with E-state index in [1.165, 1.54) is 25.6 Å². The number of rotatable bonds is 6. The lowest BCUT2D eigenvalue weighted by molar-refractivity contribution is -0.384. The number of nitro groups is 1. The summed E-state index contributed by atoms with van der Waals surface area (Å²) in [7, 11) is -1.98. The van der Waals surface area contributed by atoms with Crippen molar-refractivity contribution >= 4 is 32.9 Å². The molecule has 0 N–H and O–H groups in total. The predicted octanol–water partition coefficient (Wildman–Crippen LogP) is 1.16. The summed E-state index contributed by atoms with van der Waals surface area (Å²) in [6, 6.07) is 3.77. The van der Waals surface area contributed by atoms with E-state index in [0.717, 1.165) is 42.7 Å². The van der Waals surface area contributed by atoms with Gasteiger partial charge in [0.1, 0.15) is 6.54 Å². The summed E-state index contributed by atoms with van der Waals surface area (Å²) in [4.78, 5) is 36.9. The van der Waals surface area contributed by atoms with Crippen LogP contribution in [-0.4, -0.2) is 76.6 Å². The average Bonchev–Trinajstić information content (AvgIpc) is 3.13. The molecule has 2 aromatic rings. The van der Waals surface area contributed by atoms with Gasteiger partial charge in [0.25, 0.3) is 15.9 Å². The van der Waals surface area contributed by atoms with Gasteiger partial charge in [0.05, 0.1) is 16.5 Å². The fourth-order valence-corrected chi connectivity index (χ4v) is 6.11. The lowest BCUT2D eigenvalue weighted by atomic mass is 9.96. The molecule has 2 fully saturated rings. The Balaban J connectivity index is 1.40. The van der Waals surface area contributed by atoms with Crippen LogP contribution < -0.4 is 5.76 Å². The maximum Gasteiger partial charge on any atom is 0.420 e. The van der Waals surface area contributed by atoms with Gasteiger partial charge in [-0.05, 0) is 18.9 Å². The highest BCUT2D eigenvalue weighted by molar-refractivity contribution is 7.86. The molecular weight excluding hydrogens is 454 g/mol. The minimum atomic E-state index is -3.60. The van der Waals surface area contributed by atoms with Crippen molar-refractivity contribution in [2.45, 2.75) is 44.7 Å². The molecule has 1 saturated heterocycles. The largest absolute Gasteiger partial charge is 0.420 e. The van der Waals surface area contributed by atoms with E-state index in [4.69, 9.17) is 4.42 Å². The highest BCUT2D eigenvalue weighted by Gasteiger charge is 2.35. The zero-order valence-corrected chi connectivity index (χ0v) is 19.2. The molecule has 1 amide bonds. The van der Waals surface area contributed by atoms with Gasteiger partial charge in [-0.3, -0.25) is 19.5 Å². The minimum Gasteiger partial charge on any atom is -0.407 e. The van der Waals surface area contributed by atoms with Crippen LogP contribution in [0, 0.1) is 10.1 Å². The Morgan fingerprint density at radius 1 is 1.18 bits per heavy atom. The van der Waals surface area contributed by atoms with E-state index < -0.39 is 20.9 Å². The molecule has 33 heavy (non-hydrogen) atoms. The minimum absolute atomic E-state index is 0.0143. The van der Waals surface area contributed by atoms with Crippen molar-refractivity contribution < 1.29 is 22.6 Å². The molecule has 0 spiro atoms. The van der Waals surface area contributed by atoms with Crippen LogP contribution in [0.4, 0.5) is 5.69 Å². The van der Waals surface area contributed by atoms with Crippen molar-refractivity contribution in [3.8, 4) is 0 Å². The Labute approximate surface area is 190 Å². The maximum atomic E-state index is 13.0. The van der Waals surface area contributed by atoms with E-state index in [0.29, 0.717) is 0 Å². The second-order valence-electron chi connectivity index (χ2n) is 8.46. The molecule has 1 aliphatic heterocycles. The lowest BCUT2D eigenvalue weighted by Crippen LogP contribution is -2.55. The number of carbonyl (C=O) groups is 1. The van der Waals surface area contributed by atoms with Crippen molar-refractivity contribution in [3.05, 3.63) is 38.9 Å². The van der Waals surface area contributed by atoms with E-state index >= 15 is 0 Å². The van der Waals surface area contributed by atoms with E-state index in [2.05, 4.69) is 0 Å². The summed E-state index contributed by atoms with van der Waals surface area (Å²) in [6.07, 6.45) is 4.93. The zero-order valence-electron chi connectivity index (χ0n) is 18.4. The average molecular weight is 482 g/mol. The molecule has 0 unspecified atom stereocenters. The normalized spacial score (nSPS) is 18.8. The van der Waals surface area contributed by atoms with E-state index in [9.17, 15) is 28.1 Å². The van der Waals surface area contributed by atoms with Crippen LogP contribution in [0.1, 0.15) is 32.1 Å². The number of nitrogens with zero attached hydrogens (tertiary/aromatic N) is 5. The van der Waals surface area contributed by atoms with E-state index in [1.54, 1.807) is 7.05 Å². The second kappa shape index (κ2) is 9.23. The Morgan fingerprint density at radius 2 is 1.85 bits per heavy atom. The molecule has 0 atom stereocenters. The topological polar surface area (TPSA) is 139 Å². The summed E-state index contributed by atoms with van der Waals surface area (Å²) in [6.45, 7) is 0.494. The molecule has 1 saturated carbocycles. The lowest BCUT2D eigenvalue weighted by Gasteiger charge is -2.38. The number of carbonyl (C=O) groups excluding carboxylic acids is 1. The fourth-order valence-electron chi connectivity index (χ4n) is 4.54. The number of hydrogen-bond acceptors (Lipinski definition) is 7. The summed E-state index contributed by atoms with van der Waals surface area (Å²) < 4.78 is 35.1. The van der Waals surface area contributed by atoms with Crippen LogP contribution in [0.5, 0.6) is 0 Å². The molecule has 0 bridgehead atoms. The molecule has 1 aromatic heterocycles. The SMILES string of the molecule is CN(C1CCCCC1)S(=O)(=O)N1CCN(C(=O)Cn2c(=O)oc3cc([N+](=O)[O-])ccc32)CC1. The first kappa shape index (κ1) is 23.4. The number of benzene rings is 1. The van der Waals surface area contributed by atoms with Crippen molar-refractivity contribution in [1.29, 1.82) is 0 Å². The third-order valence-corrected chi connectivity index (χ3v) is 8.57. The first-order valence-electron chi connectivity index (χ1n) is 11.0. The third-order valence-electron chi connectivity index (χ3n) is 6.53. The number of aromatic nitrogens is 1. The molecule has 1 aromatic carbocycles. The van der Waals surface area contributed by atoms with E-state index in [1.807, 2.05) is 0 Å². The molecule has 1 aliphatic carbocycles. The van der Waals surface area contributed by atoms with Crippen LogP contribution in [0.15, 0.2) is 27.4 Å². The first-order valence-corrected chi connectivity index (χ1v) is 12.4. The summed E-state index contributed by atoms with van der Waals surface area (Å²) in [5.41, 5.74) is 0.100. The number of fused-ring (bicyclic) bond motifs is 1. The van der Waals surface area contributed by atoms with Gasteiger partial charge < -0.3 is 9.32 Å². The number of nitro benzene ring substituents is 1. The number of piperazine rings is 1. The molecule has 13 heteroatoms. The van der Waals surface area contributed by atoms with Crippen molar-refractivity contribution in [2.75, 3.05) is 33.2 Å². The van der Waals surface area contributed by atoms with Gasteiger partial charge in [-0.1, -0.05) is 19.3 Å². The van der Waals surface area contributed by atoms with Crippen molar-refractivity contribution in [1.82, 2.24) is 18.1 Å². The predicted molar refractivity (Wildman–Crippen MR) is 119 cm³/mol. The van der Waals surface area contributed by atoms with Crippen LogP contribution in [-0.2, 0) is 21.5 Å². The number of hydrogen-bond donors (Lipinski definition) is 0. The number of oxazole rings is 1. The Hall–Kier alpha value is -2.77. The van der Waals surface area contributed by atoms with Gasteiger partial charge >= 0.3 is 5.76 Å². The van der Waals surface area contributed by atoms with Gasteiger partial charge in [-0.25, -0.2) is 4.79 Å². The van der Waals surface area contributed by atoms with Gasteiger partial charge in [0.2, 0.25) is 5.91 Å². The summed E-state index contributed by atoms with van der Waals surface area (Å²) >= 11 is 0. The quantitative estimate of drug-likeness (QED) is 0.445.